The molecule has 3 saturated carbocycles. The van der Waals surface area contributed by atoms with Gasteiger partial charge < -0.3 is 15.4 Å². The Morgan fingerprint density at radius 3 is 2.35 bits per heavy atom. The zero-order valence-electron chi connectivity index (χ0n) is 21.6. The topological polar surface area (TPSA) is 115 Å². The summed E-state index contributed by atoms with van der Waals surface area (Å²) in [5.74, 6) is -2.78. The Balaban J connectivity index is 1.28. The summed E-state index contributed by atoms with van der Waals surface area (Å²) < 4.78 is 59.0. The Hall–Kier alpha value is -4.03. The van der Waals surface area contributed by atoms with Crippen molar-refractivity contribution in [1.29, 1.82) is 0 Å². The number of ether oxygens (including phenoxy) is 1. The number of aromatic nitrogens is 3. The van der Waals surface area contributed by atoms with Gasteiger partial charge in [-0.3, -0.25) is 14.4 Å². The van der Waals surface area contributed by atoms with E-state index < -0.39 is 34.8 Å². The molecule has 0 spiro atoms. The summed E-state index contributed by atoms with van der Waals surface area (Å²) >= 11 is 0. The predicted octanol–water partition coefficient (Wildman–Crippen LogP) is 4.06. The third-order valence-electron chi connectivity index (χ3n) is 8.26. The highest BCUT2D eigenvalue weighted by atomic mass is 19.4. The van der Waals surface area contributed by atoms with Crippen LogP contribution in [0.25, 0.3) is 5.65 Å². The summed E-state index contributed by atoms with van der Waals surface area (Å²) in [4.78, 5) is 42.6. The van der Waals surface area contributed by atoms with Gasteiger partial charge in [-0.15, -0.1) is 0 Å². The van der Waals surface area contributed by atoms with E-state index in [0.29, 0.717) is 37.9 Å². The molecule has 0 atom stereocenters. The van der Waals surface area contributed by atoms with Crippen molar-refractivity contribution in [2.24, 2.45) is 10.8 Å². The fourth-order valence-electron chi connectivity index (χ4n) is 5.77. The first-order chi connectivity index (χ1) is 19.0. The molecule has 0 aliphatic heterocycles. The van der Waals surface area contributed by atoms with Gasteiger partial charge in [0.05, 0.1) is 24.3 Å². The van der Waals surface area contributed by atoms with Crippen LogP contribution in [0.2, 0.25) is 0 Å². The van der Waals surface area contributed by atoms with Gasteiger partial charge in [-0.25, -0.2) is 13.9 Å². The Labute approximate surface area is 226 Å². The lowest BCUT2D eigenvalue weighted by molar-refractivity contribution is -0.162. The molecule has 0 unspecified atom stereocenters. The summed E-state index contributed by atoms with van der Waals surface area (Å²) in [5.41, 5.74) is -1.79. The third-order valence-corrected chi connectivity index (χ3v) is 8.26. The maximum absolute atomic E-state index is 13.6. The highest BCUT2D eigenvalue weighted by Gasteiger charge is 2.53. The standard InChI is InChI=1S/C27H27F4N5O4/c1-40-24(39)26-8-5-25(6-9-26,7-10-26)15-33-23(38)20-13-19(35-21-4-11-34-36(20)21)22(37)32-14-16-2-3-18(28)17(12-16)27(29,30)31/h2-4,11-13H,5-10,14-15H2,1H3,(H,32,37)(H,33,38). The number of rotatable bonds is 7. The van der Waals surface area contributed by atoms with Gasteiger partial charge in [0, 0.05) is 25.2 Å². The van der Waals surface area contributed by atoms with E-state index in [1.165, 1.54) is 30.0 Å². The van der Waals surface area contributed by atoms with Crippen molar-refractivity contribution in [2.75, 3.05) is 13.7 Å². The van der Waals surface area contributed by atoms with Crippen LogP contribution in [0.4, 0.5) is 17.6 Å². The SMILES string of the molecule is COC(=O)C12CCC(CNC(=O)c3cc(C(=O)NCc4ccc(F)c(C(F)(F)F)c4)nc4ccnn34)(CC1)CC2. The minimum absolute atomic E-state index is 0.0425. The minimum atomic E-state index is -4.87. The molecule has 2 heterocycles. The second kappa shape index (κ2) is 10.2. The lowest BCUT2D eigenvalue weighted by Crippen LogP contribution is -2.50. The van der Waals surface area contributed by atoms with Gasteiger partial charge in [0.1, 0.15) is 17.2 Å². The van der Waals surface area contributed by atoms with Crippen LogP contribution in [0.15, 0.2) is 36.5 Å². The van der Waals surface area contributed by atoms with Crippen molar-refractivity contribution in [3.05, 3.63) is 64.9 Å². The van der Waals surface area contributed by atoms with E-state index in [1.54, 1.807) is 0 Å². The number of alkyl halides is 3. The quantitative estimate of drug-likeness (QED) is 0.332. The zero-order valence-corrected chi connectivity index (χ0v) is 21.6. The van der Waals surface area contributed by atoms with Gasteiger partial charge in [-0.1, -0.05) is 6.07 Å². The minimum Gasteiger partial charge on any atom is -0.469 e. The highest BCUT2D eigenvalue weighted by Crippen LogP contribution is 2.57. The van der Waals surface area contributed by atoms with Crippen molar-refractivity contribution < 1.29 is 36.7 Å². The normalized spacial score (nSPS) is 22.2. The van der Waals surface area contributed by atoms with E-state index in [1.807, 2.05) is 0 Å². The summed E-state index contributed by atoms with van der Waals surface area (Å²) in [6.45, 7) is 0.0766. The lowest BCUT2D eigenvalue weighted by Gasteiger charge is -2.51. The molecule has 3 aromatic rings. The van der Waals surface area contributed by atoms with Crippen LogP contribution in [0.1, 0.15) is 70.6 Å². The number of halogens is 4. The molecule has 2 bridgehead atoms. The van der Waals surface area contributed by atoms with Crippen LogP contribution in [-0.2, 0) is 22.3 Å². The van der Waals surface area contributed by atoms with Crippen LogP contribution in [0.3, 0.4) is 0 Å². The second-order valence-electron chi connectivity index (χ2n) is 10.6. The molecular weight excluding hydrogens is 534 g/mol. The van der Waals surface area contributed by atoms with Gasteiger partial charge in [-0.05, 0) is 61.6 Å². The summed E-state index contributed by atoms with van der Waals surface area (Å²) in [5, 5.41) is 9.54. The van der Waals surface area contributed by atoms with E-state index in [0.717, 1.165) is 25.3 Å². The Morgan fingerprint density at radius 2 is 1.70 bits per heavy atom. The summed E-state index contributed by atoms with van der Waals surface area (Å²) in [6, 6.07) is 5.24. The third kappa shape index (κ3) is 5.11. The fourth-order valence-corrected chi connectivity index (χ4v) is 5.77. The second-order valence-corrected chi connectivity index (χ2v) is 10.6. The number of carbonyl (C=O) groups excluding carboxylic acids is 3. The number of hydrogen-bond donors (Lipinski definition) is 2. The van der Waals surface area contributed by atoms with Crippen molar-refractivity contribution in [1.82, 2.24) is 25.2 Å². The van der Waals surface area contributed by atoms with Gasteiger partial charge in [-0.2, -0.15) is 18.3 Å². The van der Waals surface area contributed by atoms with E-state index in [2.05, 4.69) is 20.7 Å². The molecule has 9 nitrogen and oxygen atoms in total. The molecule has 6 rings (SSSR count). The van der Waals surface area contributed by atoms with Gasteiger partial charge >= 0.3 is 12.1 Å². The number of fused-ring (bicyclic) bond motifs is 4. The van der Waals surface area contributed by atoms with E-state index >= 15 is 0 Å². The van der Waals surface area contributed by atoms with Gasteiger partial charge in [0.25, 0.3) is 11.8 Å². The number of nitrogens with one attached hydrogen (secondary N) is 2. The maximum Gasteiger partial charge on any atom is 0.419 e. The molecule has 1 aromatic carbocycles. The van der Waals surface area contributed by atoms with E-state index in [4.69, 9.17) is 4.74 Å². The smallest absolute Gasteiger partial charge is 0.419 e. The van der Waals surface area contributed by atoms with Crippen molar-refractivity contribution >= 4 is 23.4 Å². The number of hydrogen-bond acceptors (Lipinski definition) is 6. The molecule has 2 aromatic heterocycles. The fraction of sp³-hybridized carbons (Fsp3) is 0.444. The first-order valence-electron chi connectivity index (χ1n) is 12.8. The first-order valence-corrected chi connectivity index (χ1v) is 12.8. The van der Waals surface area contributed by atoms with Crippen LogP contribution in [-0.4, -0.2) is 46.0 Å². The van der Waals surface area contributed by atoms with Gasteiger partial charge in [0.15, 0.2) is 5.65 Å². The zero-order chi connectivity index (χ0) is 28.7. The molecule has 3 aliphatic rings. The number of amides is 2. The number of methoxy groups -OCH3 is 1. The monoisotopic (exact) mass is 561 g/mol. The highest BCUT2D eigenvalue weighted by molar-refractivity contribution is 5.98. The van der Waals surface area contributed by atoms with Crippen molar-refractivity contribution in [3.63, 3.8) is 0 Å². The molecule has 3 aliphatic carbocycles. The molecule has 212 valence electrons. The molecule has 2 N–H and O–H groups in total. The molecule has 40 heavy (non-hydrogen) atoms. The predicted molar refractivity (Wildman–Crippen MR) is 132 cm³/mol. The Bertz CT molecular complexity index is 1460. The molecule has 2 amide bonds. The van der Waals surface area contributed by atoms with Crippen LogP contribution in [0.5, 0.6) is 0 Å². The van der Waals surface area contributed by atoms with Crippen LogP contribution in [0, 0.1) is 16.6 Å². The largest absolute Gasteiger partial charge is 0.469 e. The Kier molecular flexibility index (Phi) is 7.01. The van der Waals surface area contributed by atoms with E-state index in [9.17, 15) is 31.9 Å². The molecule has 3 fully saturated rings. The molecular formula is C27H27F4N5O4. The number of esters is 1. The molecule has 0 saturated heterocycles. The van der Waals surface area contributed by atoms with Crippen molar-refractivity contribution in [3.8, 4) is 0 Å². The summed E-state index contributed by atoms with van der Waals surface area (Å²) in [7, 11) is 1.40. The summed E-state index contributed by atoms with van der Waals surface area (Å²) in [6.07, 6.45) is 1.01. The van der Waals surface area contributed by atoms with Crippen LogP contribution >= 0.6 is 0 Å². The molecule has 0 radical (unpaired) electrons. The number of benzene rings is 1. The average Bonchev–Trinajstić information content (AvgIpc) is 3.43. The first kappa shape index (κ1) is 27.5. The number of nitrogens with zero attached hydrogens (tertiary/aromatic N) is 3. The maximum atomic E-state index is 13.6. The van der Waals surface area contributed by atoms with Crippen molar-refractivity contribution in [2.45, 2.75) is 51.2 Å². The van der Waals surface area contributed by atoms with E-state index in [-0.39, 0.29) is 40.5 Å². The molecule has 13 heteroatoms. The van der Waals surface area contributed by atoms with Crippen LogP contribution < -0.4 is 10.6 Å². The number of carbonyl (C=O) groups is 3. The Morgan fingerprint density at radius 1 is 1.00 bits per heavy atom. The lowest BCUT2D eigenvalue weighted by atomic mass is 9.53. The van der Waals surface area contributed by atoms with Gasteiger partial charge in [0.2, 0.25) is 0 Å². The average molecular weight is 562 g/mol.